The Labute approximate surface area is 178 Å². The van der Waals surface area contributed by atoms with E-state index in [1.165, 1.54) is 0 Å². The monoisotopic (exact) mass is 419 g/mol. The Kier molecular flexibility index (Phi) is 5.63. The molecule has 0 aliphatic carbocycles. The summed E-state index contributed by atoms with van der Waals surface area (Å²) in [7, 11) is 1.58. The van der Waals surface area contributed by atoms with Crippen molar-refractivity contribution in [2.24, 2.45) is 11.1 Å². The number of hydrogen-bond donors (Lipinski definition) is 0. The van der Waals surface area contributed by atoms with E-state index in [1.54, 1.807) is 79.9 Å². The van der Waals surface area contributed by atoms with Gasteiger partial charge in [0, 0.05) is 21.7 Å². The van der Waals surface area contributed by atoms with Crippen LogP contribution in [0.3, 0.4) is 0 Å². The van der Waals surface area contributed by atoms with Gasteiger partial charge >= 0.3 is 0 Å². The molecule has 6 heteroatoms. The molecule has 5 nitrogen and oxygen atoms in total. The number of nitrogens with zero attached hydrogens (tertiary/aromatic N) is 1. The number of Topliss-reactive ketones (excluding diaryl/α,β-unsaturated/α-hetero) is 2. The van der Waals surface area contributed by atoms with E-state index < -0.39 is 12.0 Å². The lowest BCUT2D eigenvalue weighted by Gasteiger charge is -2.17. The van der Waals surface area contributed by atoms with E-state index in [1.807, 2.05) is 6.07 Å². The third kappa shape index (κ3) is 3.84. The highest BCUT2D eigenvalue weighted by atomic mass is 35.5. The zero-order chi connectivity index (χ0) is 21.1. The van der Waals surface area contributed by atoms with E-state index in [0.29, 0.717) is 33.2 Å². The maximum Gasteiger partial charge on any atom is 0.207 e. The van der Waals surface area contributed by atoms with Crippen LogP contribution in [0.4, 0.5) is 0 Å². The molecular weight excluding hydrogens is 402 g/mol. The molecule has 1 aliphatic rings. The number of halogens is 1. The Hall–Kier alpha value is -3.44. The smallest absolute Gasteiger partial charge is 0.207 e. The molecule has 150 valence electrons. The summed E-state index contributed by atoms with van der Waals surface area (Å²) >= 11 is 5.93. The number of ketones is 2. The van der Waals surface area contributed by atoms with Crippen LogP contribution in [0.5, 0.6) is 5.75 Å². The minimum Gasteiger partial charge on any atom is -0.497 e. The topological polar surface area (TPSA) is 65.0 Å². The summed E-state index contributed by atoms with van der Waals surface area (Å²) in [4.78, 5) is 32.1. The van der Waals surface area contributed by atoms with Crippen LogP contribution in [-0.2, 0) is 4.84 Å². The quantitative estimate of drug-likeness (QED) is 0.536. The van der Waals surface area contributed by atoms with E-state index in [-0.39, 0.29) is 11.6 Å². The summed E-state index contributed by atoms with van der Waals surface area (Å²) in [6, 6.07) is 22.4. The summed E-state index contributed by atoms with van der Waals surface area (Å²) in [5.74, 6) is -0.745. The Balaban J connectivity index is 1.72. The lowest BCUT2D eigenvalue weighted by atomic mass is 9.83. The molecule has 30 heavy (non-hydrogen) atoms. The second kappa shape index (κ2) is 8.51. The summed E-state index contributed by atoms with van der Waals surface area (Å²) in [5.41, 5.74) is 2.00. The third-order valence-electron chi connectivity index (χ3n) is 4.98. The molecule has 0 radical (unpaired) electrons. The molecular formula is C24H18ClNO4. The second-order valence-electron chi connectivity index (χ2n) is 6.81. The largest absolute Gasteiger partial charge is 0.497 e. The van der Waals surface area contributed by atoms with Gasteiger partial charge in [0.15, 0.2) is 5.78 Å². The van der Waals surface area contributed by atoms with Crippen LogP contribution < -0.4 is 4.74 Å². The third-order valence-corrected chi connectivity index (χ3v) is 5.23. The first-order valence-corrected chi connectivity index (χ1v) is 9.73. The molecule has 3 aromatic carbocycles. The van der Waals surface area contributed by atoms with Crippen molar-refractivity contribution in [1.82, 2.24) is 0 Å². The van der Waals surface area contributed by atoms with Crippen molar-refractivity contribution in [1.29, 1.82) is 0 Å². The Morgan fingerprint density at radius 2 is 1.50 bits per heavy atom. The molecule has 0 saturated heterocycles. The number of benzene rings is 3. The van der Waals surface area contributed by atoms with Crippen molar-refractivity contribution in [3.8, 4) is 5.75 Å². The highest BCUT2D eigenvalue weighted by molar-refractivity contribution is 6.30. The van der Waals surface area contributed by atoms with Crippen LogP contribution in [0.1, 0.15) is 26.3 Å². The van der Waals surface area contributed by atoms with Crippen LogP contribution >= 0.6 is 11.6 Å². The molecule has 0 saturated carbocycles. The van der Waals surface area contributed by atoms with Crippen LogP contribution in [0, 0.1) is 5.92 Å². The molecule has 1 heterocycles. The fourth-order valence-corrected chi connectivity index (χ4v) is 3.52. The molecule has 3 aromatic rings. The van der Waals surface area contributed by atoms with E-state index in [0.717, 1.165) is 0 Å². The SMILES string of the molecule is COc1ccc(C2=NO[C@@H](C(=O)c3ccc(Cl)cc3)[C@@H]2C(=O)c2ccccc2)cc1. The predicted octanol–water partition coefficient (Wildman–Crippen LogP) is 4.83. The Bertz CT molecular complexity index is 1090. The molecule has 0 unspecified atom stereocenters. The molecule has 4 rings (SSSR count). The van der Waals surface area contributed by atoms with Gasteiger partial charge in [-0.3, -0.25) is 9.59 Å². The minimum atomic E-state index is -1.06. The van der Waals surface area contributed by atoms with Gasteiger partial charge in [0.1, 0.15) is 17.4 Å². The molecule has 0 spiro atoms. The van der Waals surface area contributed by atoms with Crippen LogP contribution in [-0.4, -0.2) is 30.5 Å². The van der Waals surface area contributed by atoms with E-state index >= 15 is 0 Å². The van der Waals surface area contributed by atoms with Crippen molar-refractivity contribution < 1.29 is 19.2 Å². The van der Waals surface area contributed by atoms with Crippen molar-refractivity contribution in [2.75, 3.05) is 7.11 Å². The molecule has 1 aliphatic heterocycles. The molecule has 0 aromatic heterocycles. The van der Waals surface area contributed by atoms with Crippen molar-refractivity contribution in [3.63, 3.8) is 0 Å². The molecule has 0 bridgehead atoms. The fourth-order valence-electron chi connectivity index (χ4n) is 3.39. The van der Waals surface area contributed by atoms with E-state index in [2.05, 4.69) is 5.16 Å². The minimum absolute atomic E-state index is 0.227. The number of ether oxygens (including phenoxy) is 1. The van der Waals surface area contributed by atoms with Crippen molar-refractivity contribution in [3.05, 3.63) is 101 Å². The molecule has 0 fully saturated rings. The molecule has 0 N–H and O–H groups in total. The van der Waals surface area contributed by atoms with Gasteiger partial charge in [-0.05, 0) is 48.5 Å². The normalized spacial score (nSPS) is 17.7. The summed E-state index contributed by atoms with van der Waals surface area (Å²) in [6.45, 7) is 0. The first-order valence-electron chi connectivity index (χ1n) is 9.35. The lowest BCUT2D eigenvalue weighted by molar-refractivity contribution is 0.0424. The highest BCUT2D eigenvalue weighted by Gasteiger charge is 2.45. The number of carbonyl (C=O) groups excluding carboxylic acids is 2. The highest BCUT2D eigenvalue weighted by Crippen LogP contribution is 2.30. The average molecular weight is 420 g/mol. The lowest BCUT2D eigenvalue weighted by Crippen LogP contribution is -2.37. The first kappa shape index (κ1) is 19.9. The Morgan fingerprint density at radius 3 is 2.13 bits per heavy atom. The number of oxime groups is 1. The maximum absolute atomic E-state index is 13.4. The predicted molar refractivity (Wildman–Crippen MR) is 114 cm³/mol. The van der Waals surface area contributed by atoms with Gasteiger partial charge in [-0.1, -0.05) is 47.1 Å². The van der Waals surface area contributed by atoms with Crippen LogP contribution in [0.2, 0.25) is 5.02 Å². The van der Waals surface area contributed by atoms with Crippen LogP contribution in [0.25, 0.3) is 0 Å². The number of carbonyl (C=O) groups is 2. The number of rotatable bonds is 6. The van der Waals surface area contributed by atoms with Gasteiger partial charge in [0.25, 0.3) is 0 Å². The van der Waals surface area contributed by atoms with Gasteiger partial charge in [0.2, 0.25) is 11.9 Å². The van der Waals surface area contributed by atoms with Gasteiger partial charge in [0.05, 0.1) is 7.11 Å². The van der Waals surface area contributed by atoms with Gasteiger partial charge < -0.3 is 9.57 Å². The number of methoxy groups -OCH3 is 1. The summed E-state index contributed by atoms with van der Waals surface area (Å²) < 4.78 is 5.20. The fraction of sp³-hybridized carbons (Fsp3) is 0.125. The molecule has 0 amide bonds. The van der Waals surface area contributed by atoms with E-state index in [4.69, 9.17) is 21.2 Å². The summed E-state index contributed by atoms with van der Waals surface area (Å²) in [5, 5.41) is 4.66. The second-order valence-corrected chi connectivity index (χ2v) is 7.25. The zero-order valence-corrected chi connectivity index (χ0v) is 16.9. The van der Waals surface area contributed by atoms with Crippen molar-refractivity contribution >= 4 is 28.9 Å². The standard InChI is InChI=1S/C24H18ClNO4/c1-29-19-13-9-15(10-14-19)21-20(22(27)16-5-3-2-4-6-16)24(30-26-21)23(28)17-7-11-18(25)12-8-17/h2-14,20,24H,1H3/t20-,24+/m0/s1. The molecule has 2 atom stereocenters. The van der Waals surface area contributed by atoms with E-state index in [9.17, 15) is 9.59 Å². The maximum atomic E-state index is 13.4. The first-order chi connectivity index (χ1) is 14.6. The van der Waals surface area contributed by atoms with Crippen LogP contribution in [0.15, 0.2) is 84.0 Å². The van der Waals surface area contributed by atoms with Gasteiger partial charge in [-0.15, -0.1) is 0 Å². The van der Waals surface area contributed by atoms with Gasteiger partial charge in [-0.25, -0.2) is 0 Å². The van der Waals surface area contributed by atoms with Gasteiger partial charge in [-0.2, -0.15) is 0 Å². The zero-order valence-electron chi connectivity index (χ0n) is 16.1. The average Bonchev–Trinajstić information content (AvgIpc) is 3.24. The Morgan fingerprint density at radius 1 is 0.867 bits per heavy atom. The summed E-state index contributed by atoms with van der Waals surface area (Å²) in [6.07, 6.45) is -1.06. The number of hydrogen-bond acceptors (Lipinski definition) is 5. The van der Waals surface area contributed by atoms with Crippen molar-refractivity contribution in [2.45, 2.75) is 6.10 Å².